The Labute approximate surface area is 168 Å². The molecule has 29 heavy (non-hydrogen) atoms. The molecule has 11 heteroatoms. The van der Waals surface area contributed by atoms with Gasteiger partial charge in [0.25, 0.3) is 10.9 Å². The van der Waals surface area contributed by atoms with Crippen molar-refractivity contribution in [1.29, 1.82) is 0 Å². The number of anilines is 1. The molecule has 0 saturated heterocycles. The minimum absolute atomic E-state index is 0.0290. The number of nitro groups is 1. The summed E-state index contributed by atoms with van der Waals surface area (Å²) in [6, 6.07) is 10.9. The van der Waals surface area contributed by atoms with Crippen molar-refractivity contribution in [3.8, 4) is 23.0 Å². The van der Waals surface area contributed by atoms with Gasteiger partial charge in [-0.1, -0.05) is 11.8 Å². The number of hydrogen-bond donors (Lipinski definition) is 1. The van der Waals surface area contributed by atoms with Crippen LogP contribution in [-0.2, 0) is 4.79 Å². The van der Waals surface area contributed by atoms with Crippen molar-refractivity contribution in [2.75, 3.05) is 24.3 Å². The molecule has 0 aliphatic carbocycles. The number of fused-ring (bicyclic) bond motifs is 1. The smallest absolute Gasteiger partial charge is 0.277 e. The molecule has 0 fully saturated rings. The molecule has 0 radical (unpaired) electrons. The first-order valence-corrected chi connectivity index (χ1v) is 9.48. The zero-order chi connectivity index (χ0) is 20.2. The summed E-state index contributed by atoms with van der Waals surface area (Å²) >= 11 is 1.08. The maximum absolute atomic E-state index is 12.2. The number of rotatable bonds is 6. The third-order valence-electron chi connectivity index (χ3n) is 3.88. The molecule has 0 saturated carbocycles. The quantitative estimate of drug-likeness (QED) is 0.367. The fourth-order valence-corrected chi connectivity index (χ4v) is 3.12. The van der Waals surface area contributed by atoms with E-state index in [9.17, 15) is 14.9 Å². The van der Waals surface area contributed by atoms with Crippen LogP contribution < -0.4 is 14.8 Å². The van der Waals surface area contributed by atoms with E-state index in [1.54, 1.807) is 18.2 Å². The first-order valence-electron chi connectivity index (χ1n) is 8.49. The number of nitrogens with one attached hydrogen (secondary N) is 1. The van der Waals surface area contributed by atoms with E-state index in [2.05, 4.69) is 15.5 Å². The van der Waals surface area contributed by atoms with Crippen LogP contribution in [0, 0.1) is 10.1 Å². The van der Waals surface area contributed by atoms with Crippen molar-refractivity contribution in [2.45, 2.75) is 5.22 Å². The lowest BCUT2D eigenvalue weighted by molar-refractivity contribution is -0.384. The number of nitro benzene ring substituents is 1. The SMILES string of the molecule is O=C(CSc1nnc(-c2ccc([N+](=O)[O-])cc2)o1)Nc1ccc2c(c1)OCCO2. The van der Waals surface area contributed by atoms with Crippen molar-refractivity contribution < 1.29 is 23.6 Å². The summed E-state index contributed by atoms with van der Waals surface area (Å²) in [6.07, 6.45) is 0. The maximum Gasteiger partial charge on any atom is 0.277 e. The maximum atomic E-state index is 12.2. The number of hydrogen-bond acceptors (Lipinski definition) is 9. The summed E-state index contributed by atoms with van der Waals surface area (Å²) in [5, 5.41) is 21.5. The van der Waals surface area contributed by atoms with Crippen LogP contribution in [0.25, 0.3) is 11.5 Å². The molecule has 2 aromatic carbocycles. The van der Waals surface area contributed by atoms with Gasteiger partial charge >= 0.3 is 0 Å². The van der Waals surface area contributed by atoms with E-state index in [1.165, 1.54) is 24.3 Å². The van der Waals surface area contributed by atoms with Crippen molar-refractivity contribution in [3.63, 3.8) is 0 Å². The minimum atomic E-state index is -0.487. The molecule has 1 N–H and O–H groups in total. The molecule has 0 atom stereocenters. The number of amides is 1. The highest BCUT2D eigenvalue weighted by Gasteiger charge is 2.15. The van der Waals surface area contributed by atoms with Gasteiger partial charge in [0.1, 0.15) is 13.2 Å². The number of aromatic nitrogens is 2. The highest BCUT2D eigenvalue weighted by atomic mass is 32.2. The van der Waals surface area contributed by atoms with Gasteiger partial charge in [-0.3, -0.25) is 14.9 Å². The second-order valence-electron chi connectivity index (χ2n) is 5.87. The highest BCUT2D eigenvalue weighted by molar-refractivity contribution is 7.99. The highest BCUT2D eigenvalue weighted by Crippen LogP contribution is 2.32. The van der Waals surface area contributed by atoms with Crippen molar-refractivity contribution in [2.24, 2.45) is 0 Å². The van der Waals surface area contributed by atoms with Crippen molar-refractivity contribution in [3.05, 3.63) is 52.6 Å². The summed E-state index contributed by atoms with van der Waals surface area (Å²) in [4.78, 5) is 22.4. The standard InChI is InChI=1S/C18H14N4O6S/c23-16(19-12-3-6-14-15(9-12)27-8-7-26-14)10-29-18-21-20-17(28-18)11-1-4-13(5-2-11)22(24)25/h1-6,9H,7-8,10H2,(H,19,23). The Hall–Kier alpha value is -3.60. The van der Waals surface area contributed by atoms with Gasteiger partial charge < -0.3 is 19.2 Å². The average molecular weight is 414 g/mol. The molecular weight excluding hydrogens is 400 g/mol. The zero-order valence-electron chi connectivity index (χ0n) is 14.9. The van der Waals surface area contributed by atoms with E-state index in [1.807, 2.05) is 0 Å². The summed E-state index contributed by atoms with van der Waals surface area (Å²) in [6.45, 7) is 0.968. The number of nitrogens with zero attached hydrogens (tertiary/aromatic N) is 3. The molecule has 0 spiro atoms. The van der Waals surface area contributed by atoms with Gasteiger partial charge in [0.15, 0.2) is 11.5 Å². The summed E-state index contributed by atoms with van der Waals surface area (Å²) in [7, 11) is 0. The average Bonchev–Trinajstić information content (AvgIpc) is 3.21. The first kappa shape index (κ1) is 18.7. The molecule has 0 bridgehead atoms. The Balaban J connectivity index is 1.33. The van der Waals surface area contributed by atoms with Gasteiger partial charge in [-0.05, 0) is 24.3 Å². The lowest BCUT2D eigenvalue weighted by atomic mass is 10.2. The van der Waals surface area contributed by atoms with Crippen LogP contribution in [0.3, 0.4) is 0 Å². The van der Waals surface area contributed by atoms with Crippen LogP contribution in [0.1, 0.15) is 0 Å². The fourth-order valence-electron chi connectivity index (χ4n) is 2.56. The molecule has 10 nitrogen and oxygen atoms in total. The van der Waals surface area contributed by atoms with Gasteiger partial charge in [-0.15, -0.1) is 10.2 Å². The number of thioether (sulfide) groups is 1. The fraction of sp³-hybridized carbons (Fsp3) is 0.167. The van der Waals surface area contributed by atoms with Crippen LogP contribution in [0.2, 0.25) is 0 Å². The second-order valence-corrected chi connectivity index (χ2v) is 6.80. The largest absolute Gasteiger partial charge is 0.486 e. The summed E-state index contributed by atoms with van der Waals surface area (Å²) < 4.78 is 16.4. The van der Waals surface area contributed by atoms with Gasteiger partial charge in [-0.2, -0.15) is 0 Å². The number of ether oxygens (including phenoxy) is 2. The second kappa shape index (κ2) is 8.19. The van der Waals surface area contributed by atoms with E-state index in [0.717, 1.165) is 11.8 Å². The molecular formula is C18H14N4O6S. The molecule has 0 unspecified atom stereocenters. The van der Waals surface area contributed by atoms with Crippen LogP contribution in [-0.4, -0.2) is 40.0 Å². The Kier molecular flexibility index (Phi) is 5.29. The first-order chi connectivity index (χ1) is 14.1. The van der Waals surface area contributed by atoms with Crippen molar-refractivity contribution >= 4 is 29.0 Å². The van der Waals surface area contributed by atoms with E-state index < -0.39 is 4.92 Å². The molecule has 1 amide bonds. The number of carbonyl (C=O) groups is 1. The van der Waals surface area contributed by atoms with Gasteiger partial charge in [0.05, 0.1) is 10.7 Å². The normalized spacial score (nSPS) is 12.4. The Morgan fingerprint density at radius 1 is 1.10 bits per heavy atom. The van der Waals surface area contributed by atoms with E-state index >= 15 is 0 Å². The number of benzene rings is 2. The lowest BCUT2D eigenvalue weighted by Crippen LogP contribution is -2.17. The zero-order valence-corrected chi connectivity index (χ0v) is 15.7. The van der Waals surface area contributed by atoms with Crippen molar-refractivity contribution in [1.82, 2.24) is 10.2 Å². The van der Waals surface area contributed by atoms with Crippen LogP contribution in [0.15, 0.2) is 52.1 Å². The molecule has 148 valence electrons. The van der Waals surface area contributed by atoms with E-state index in [0.29, 0.717) is 36.0 Å². The van der Waals surface area contributed by atoms with Crippen LogP contribution in [0.5, 0.6) is 11.5 Å². The lowest BCUT2D eigenvalue weighted by Gasteiger charge is -2.18. The van der Waals surface area contributed by atoms with E-state index in [4.69, 9.17) is 13.9 Å². The third-order valence-corrected chi connectivity index (χ3v) is 4.70. The molecule has 1 aromatic heterocycles. The predicted molar refractivity (Wildman–Crippen MR) is 103 cm³/mol. The van der Waals surface area contributed by atoms with Gasteiger partial charge in [-0.25, -0.2) is 0 Å². The van der Waals surface area contributed by atoms with Gasteiger partial charge in [0, 0.05) is 29.4 Å². The molecule has 3 aromatic rings. The Bertz CT molecular complexity index is 1050. The minimum Gasteiger partial charge on any atom is -0.486 e. The molecule has 2 heterocycles. The third kappa shape index (κ3) is 4.46. The van der Waals surface area contributed by atoms with Crippen LogP contribution >= 0.6 is 11.8 Å². The molecule has 1 aliphatic heterocycles. The molecule has 1 aliphatic rings. The van der Waals surface area contributed by atoms with E-state index in [-0.39, 0.29) is 28.5 Å². The topological polar surface area (TPSA) is 130 Å². The summed E-state index contributed by atoms with van der Waals surface area (Å²) in [5.41, 5.74) is 1.12. The predicted octanol–water partition coefficient (Wildman–Crippen LogP) is 3.15. The van der Waals surface area contributed by atoms with Crippen LogP contribution in [0.4, 0.5) is 11.4 Å². The van der Waals surface area contributed by atoms with Gasteiger partial charge in [0.2, 0.25) is 11.8 Å². The number of carbonyl (C=O) groups excluding carboxylic acids is 1. The summed E-state index contributed by atoms with van der Waals surface area (Å²) in [5.74, 6) is 1.27. The Morgan fingerprint density at radius 3 is 2.62 bits per heavy atom. The monoisotopic (exact) mass is 414 g/mol. The molecule has 4 rings (SSSR count). The Morgan fingerprint density at radius 2 is 1.86 bits per heavy atom. The number of non-ortho nitro benzene ring substituents is 1.